The second kappa shape index (κ2) is 3.72. The van der Waals surface area contributed by atoms with E-state index in [0.29, 0.717) is 4.53 Å². The molecule has 0 aliphatic carbocycles. The summed E-state index contributed by atoms with van der Waals surface area (Å²) in [5.74, 6) is -0.176. The third-order valence-corrected chi connectivity index (χ3v) is 0.636. The van der Waals surface area contributed by atoms with E-state index >= 15 is 0 Å². The van der Waals surface area contributed by atoms with Crippen molar-refractivity contribution in [2.75, 3.05) is 0 Å². The van der Waals surface area contributed by atoms with Crippen LogP contribution in [-0.2, 0) is 9.45 Å². The summed E-state index contributed by atoms with van der Waals surface area (Å²) in [7, 11) is 0. The van der Waals surface area contributed by atoms with Crippen molar-refractivity contribution in [3.05, 3.63) is 0 Å². The van der Waals surface area contributed by atoms with E-state index in [-0.39, 0.29) is 5.97 Å². The summed E-state index contributed by atoms with van der Waals surface area (Å²) in [6, 6.07) is 0. The zero-order valence-electron chi connectivity index (χ0n) is 4.02. The fourth-order valence-corrected chi connectivity index (χ4v) is 0.610. The van der Waals surface area contributed by atoms with E-state index in [4.69, 9.17) is 0 Å². The van der Waals surface area contributed by atoms with Crippen molar-refractivity contribution in [3.8, 4) is 0 Å². The zero-order chi connectivity index (χ0) is 4.99. The Morgan fingerprint density at radius 1 is 2.00 bits per heavy atom. The van der Waals surface area contributed by atoms with Gasteiger partial charge in [0, 0.05) is 0 Å². The molecule has 0 saturated heterocycles. The van der Waals surface area contributed by atoms with Gasteiger partial charge in [0.05, 0.1) is 0 Å². The molecule has 0 rings (SSSR count). The van der Waals surface area contributed by atoms with Crippen LogP contribution >= 0.6 is 0 Å². The molecule has 0 atom stereocenters. The first-order valence-electron chi connectivity index (χ1n) is 1.90. The number of carbonyl (C=O) groups excluding carboxylic acids is 1. The molecule has 0 aromatic carbocycles. The first kappa shape index (κ1) is 6.53. The molecule has 6 heavy (non-hydrogen) atoms. The fraction of sp³-hybridized carbons (Fsp3) is 0.500. The maximum atomic E-state index is 9.84. The molecule has 0 spiro atoms. The number of hydrogen-bond acceptors (Lipinski definition) is 2. The van der Waals surface area contributed by atoms with Gasteiger partial charge in [0.25, 0.3) is 0 Å². The van der Waals surface area contributed by atoms with Gasteiger partial charge in [-0.25, -0.2) is 0 Å². The SMILES string of the molecule is CC(=O)O[BH][Na]. The molecule has 4 heteroatoms. The summed E-state index contributed by atoms with van der Waals surface area (Å²) in [5, 5.41) is 0. The molecular formula is C2H4BNaO2. The average Bonchev–Trinajstić information content (AvgIpc) is 1.35. The van der Waals surface area contributed by atoms with Crippen LogP contribution in [0.25, 0.3) is 0 Å². The zero-order valence-corrected chi connectivity index (χ0v) is 6.02. The molecule has 0 saturated carbocycles. The van der Waals surface area contributed by atoms with Crippen molar-refractivity contribution in [1.29, 1.82) is 0 Å². The molecule has 0 aliphatic heterocycles. The van der Waals surface area contributed by atoms with Gasteiger partial charge < -0.3 is 0 Å². The Kier molecular flexibility index (Phi) is 4.05. The summed E-state index contributed by atoms with van der Waals surface area (Å²) in [4.78, 5) is 9.84. The Balaban J connectivity index is 2.83. The van der Waals surface area contributed by atoms with Crippen molar-refractivity contribution in [1.82, 2.24) is 0 Å². The number of rotatable bonds is 1. The Morgan fingerprint density at radius 3 is 2.50 bits per heavy atom. The molecule has 0 bridgehead atoms. The van der Waals surface area contributed by atoms with Crippen LogP contribution in [-0.4, -0.2) is 38.2 Å². The molecule has 0 amide bonds. The Morgan fingerprint density at radius 2 is 2.50 bits per heavy atom. The van der Waals surface area contributed by atoms with Crippen molar-refractivity contribution >= 4 is 38.2 Å². The second-order valence-electron chi connectivity index (χ2n) is 0.925. The van der Waals surface area contributed by atoms with E-state index in [0.717, 1.165) is 27.7 Å². The van der Waals surface area contributed by atoms with Crippen LogP contribution < -0.4 is 0 Å². The van der Waals surface area contributed by atoms with Crippen LogP contribution in [0.5, 0.6) is 0 Å². The van der Waals surface area contributed by atoms with Gasteiger partial charge in [-0.15, -0.1) is 0 Å². The van der Waals surface area contributed by atoms with E-state index in [9.17, 15) is 4.79 Å². The van der Waals surface area contributed by atoms with Crippen molar-refractivity contribution in [2.24, 2.45) is 0 Å². The molecule has 0 radical (unpaired) electrons. The van der Waals surface area contributed by atoms with Crippen LogP contribution in [0.1, 0.15) is 6.92 Å². The maximum absolute atomic E-state index is 9.84. The third-order valence-electron chi connectivity index (χ3n) is 0.348. The minimum atomic E-state index is -0.176. The van der Waals surface area contributed by atoms with Crippen LogP contribution in [0.2, 0.25) is 0 Å². The fourth-order valence-electron chi connectivity index (χ4n) is 0.203. The van der Waals surface area contributed by atoms with Gasteiger partial charge in [-0.3, -0.25) is 0 Å². The molecule has 2 nitrogen and oxygen atoms in total. The van der Waals surface area contributed by atoms with Gasteiger partial charge in [-0.05, 0) is 0 Å². The van der Waals surface area contributed by atoms with Gasteiger partial charge in [-0.1, -0.05) is 0 Å². The average molecular weight is 93.9 g/mol. The van der Waals surface area contributed by atoms with Crippen LogP contribution in [0.15, 0.2) is 0 Å². The van der Waals surface area contributed by atoms with Crippen molar-refractivity contribution in [2.45, 2.75) is 6.92 Å². The van der Waals surface area contributed by atoms with Gasteiger partial charge in [-0.2, -0.15) is 0 Å². The minimum absolute atomic E-state index is 0.176. The second-order valence-corrected chi connectivity index (χ2v) is 1.50. The standard InChI is InChI=1S/C2H4BO2.Na/c1-2(4)5-3;/h3H,1H3;/q+1;-1. The van der Waals surface area contributed by atoms with Gasteiger partial charge in [0.1, 0.15) is 0 Å². The first-order chi connectivity index (χ1) is 2.77. The molecule has 0 aliphatic rings. The predicted octanol–water partition coefficient (Wildman–Crippen LogP) is -1.02. The summed E-state index contributed by atoms with van der Waals surface area (Å²) >= 11 is 0.944. The number of hydrogen-bond donors (Lipinski definition) is 0. The molecule has 0 aromatic heterocycles. The van der Waals surface area contributed by atoms with E-state index in [2.05, 4.69) is 4.65 Å². The van der Waals surface area contributed by atoms with Crippen molar-refractivity contribution < 1.29 is 9.45 Å². The van der Waals surface area contributed by atoms with Gasteiger partial charge >= 0.3 is 54.6 Å². The normalized spacial score (nSPS) is 7.17. The topological polar surface area (TPSA) is 26.3 Å². The van der Waals surface area contributed by atoms with E-state index in [1.54, 1.807) is 0 Å². The summed E-state index contributed by atoms with van der Waals surface area (Å²) < 4.78 is 5.08. The number of carbonyl (C=O) groups is 1. The molecule has 0 unspecified atom stereocenters. The quantitative estimate of drug-likeness (QED) is 0.389. The molecule has 28 valence electrons. The van der Waals surface area contributed by atoms with Crippen LogP contribution in [0.3, 0.4) is 0 Å². The van der Waals surface area contributed by atoms with Crippen LogP contribution in [0, 0.1) is 0 Å². The van der Waals surface area contributed by atoms with E-state index in [1.165, 1.54) is 6.92 Å². The van der Waals surface area contributed by atoms with E-state index in [1.807, 2.05) is 0 Å². The monoisotopic (exact) mass is 94.0 g/mol. The summed E-state index contributed by atoms with van der Waals surface area (Å²) in [6.07, 6.45) is 0. The van der Waals surface area contributed by atoms with Crippen molar-refractivity contribution in [3.63, 3.8) is 0 Å². The molecule has 0 fully saturated rings. The Hall–Kier alpha value is 0.535. The first-order valence-corrected chi connectivity index (χ1v) is 3.32. The molecule has 0 heterocycles. The summed E-state index contributed by atoms with van der Waals surface area (Å²) in [5.41, 5.74) is 0. The van der Waals surface area contributed by atoms with Gasteiger partial charge in [0.2, 0.25) is 0 Å². The van der Waals surface area contributed by atoms with E-state index < -0.39 is 0 Å². The molecule has 0 aromatic rings. The van der Waals surface area contributed by atoms with Crippen LogP contribution in [0.4, 0.5) is 0 Å². The third kappa shape index (κ3) is 4.53. The summed E-state index contributed by atoms with van der Waals surface area (Å²) in [6.45, 7) is 1.41. The Bertz CT molecular complexity index is 55.5. The Labute approximate surface area is 54.6 Å². The molecular weight excluding hydrogens is 89.8 g/mol. The molecule has 0 N–H and O–H groups in total. The predicted molar refractivity (Wildman–Crippen MR) is 24.7 cm³/mol. The van der Waals surface area contributed by atoms with Gasteiger partial charge in [0.15, 0.2) is 0 Å².